The molecule has 5 nitrogen and oxygen atoms in total. The Balaban J connectivity index is 1.41. The monoisotopic (exact) mass is 462 g/mol. The molecule has 0 spiro atoms. The molecule has 4 rings (SSSR count). The van der Waals surface area contributed by atoms with Gasteiger partial charge in [0.2, 0.25) is 5.95 Å². The number of rotatable bonds is 8. The molecule has 0 bridgehead atoms. The minimum atomic E-state index is 0.494. The van der Waals surface area contributed by atoms with Crippen molar-refractivity contribution in [3.8, 4) is 11.5 Å². The average molecular weight is 463 g/mol. The second-order valence-electron chi connectivity index (χ2n) is 7.27. The largest absolute Gasteiger partial charge is 0.457 e. The second-order valence-corrected chi connectivity index (χ2v) is 8.12. The molecule has 152 valence electrons. The van der Waals surface area contributed by atoms with Gasteiger partial charge in [-0.15, -0.1) is 0 Å². The molecule has 30 heavy (non-hydrogen) atoms. The molecule has 0 radical (unpaired) electrons. The highest BCUT2D eigenvalue weighted by atomic mass is 79.9. The van der Waals surface area contributed by atoms with Gasteiger partial charge in [-0.1, -0.05) is 30.4 Å². The van der Waals surface area contributed by atoms with E-state index in [1.54, 1.807) is 6.20 Å². The summed E-state index contributed by atoms with van der Waals surface area (Å²) in [7, 11) is 0. The molecule has 0 unspecified atom stereocenters. The summed E-state index contributed by atoms with van der Waals surface area (Å²) in [5, 5.41) is 6.48. The number of benzene rings is 2. The number of halogens is 1. The maximum Gasteiger partial charge on any atom is 0.229 e. The number of aromatic nitrogens is 2. The average Bonchev–Trinajstić information content (AvgIpc) is 3.58. The molecule has 6 heteroatoms. The Hall–Kier alpha value is -3.12. The van der Waals surface area contributed by atoms with Gasteiger partial charge in [0, 0.05) is 17.6 Å². The van der Waals surface area contributed by atoms with Crippen LogP contribution in [0.3, 0.4) is 0 Å². The van der Waals surface area contributed by atoms with Crippen LogP contribution >= 0.6 is 15.9 Å². The zero-order valence-electron chi connectivity index (χ0n) is 16.7. The molecule has 0 saturated heterocycles. The standard InChI is InChI=1S/C24H23BrN4O/c1-16(18-8-9-18)14-17(2)27-23-22(25)15-26-24(29-23)28-19-10-12-21(13-11-19)30-20-6-4-3-5-7-20/h3-7,10-15,18H,2,8-9H2,1H3,(H2,26,27,28,29)/b16-14+. The number of nitrogens with one attached hydrogen (secondary N) is 2. The summed E-state index contributed by atoms with van der Waals surface area (Å²) in [5.41, 5.74) is 3.04. The Morgan fingerprint density at radius 1 is 1.10 bits per heavy atom. The predicted octanol–water partition coefficient (Wildman–Crippen LogP) is 7.06. The van der Waals surface area contributed by atoms with Crippen LogP contribution in [0.25, 0.3) is 0 Å². The van der Waals surface area contributed by atoms with Crippen LogP contribution in [0, 0.1) is 5.92 Å². The van der Waals surface area contributed by atoms with E-state index >= 15 is 0 Å². The summed E-state index contributed by atoms with van der Waals surface area (Å²) in [5.74, 6) is 3.44. The van der Waals surface area contributed by atoms with Crippen molar-refractivity contribution >= 4 is 33.4 Å². The van der Waals surface area contributed by atoms with Crippen molar-refractivity contribution in [2.24, 2.45) is 5.92 Å². The Labute approximate surface area is 185 Å². The third-order valence-electron chi connectivity index (χ3n) is 4.74. The Kier molecular flexibility index (Phi) is 6.14. The molecule has 0 aliphatic heterocycles. The van der Waals surface area contributed by atoms with Crippen molar-refractivity contribution in [2.75, 3.05) is 10.6 Å². The van der Waals surface area contributed by atoms with Gasteiger partial charge in [0.15, 0.2) is 0 Å². The van der Waals surface area contributed by atoms with Crippen LogP contribution < -0.4 is 15.4 Å². The zero-order chi connectivity index (χ0) is 20.9. The van der Waals surface area contributed by atoms with Crippen LogP contribution in [0.2, 0.25) is 0 Å². The molecule has 2 aromatic carbocycles. The van der Waals surface area contributed by atoms with E-state index in [2.05, 4.69) is 56.1 Å². The van der Waals surface area contributed by atoms with E-state index in [0.717, 1.165) is 27.4 Å². The van der Waals surface area contributed by atoms with Crippen molar-refractivity contribution < 1.29 is 4.74 Å². The highest BCUT2D eigenvalue weighted by Crippen LogP contribution is 2.36. The van der Waals surface area contributed by atoms with E-state index in [9.17, 15) is 0 Å². The quantitative estimate of drug-likeness (QED) is 0.351. The normalized spacial score (nSPS) is 13.6. The molecule has 1 fully saturated rings. The van der Waals surface area contributed by atoms with Crippen molar-refractivity contribution in [2.45, 2.75) is 19.8 Å². The number of para-hydroxylation sites is 1. The van der Waals surface area contributed by atoms with Gasteiger partial charge < -0.3 is 15.4 Å². The molecule has 0 atom stereocenters. The molecule has 1 saturated carbocycles. The maximum absolute atomic E-state index is 5.82. The van der Waals surface area contributed by atoms with E-state index in [0.29, 0.717) is 17.7 Å². The molecule has 1 aliphatic carbocycles. The molecule has 0 amide bonds. The van der Waals surface area contributed by atoms with E-state index in [-0.39, 0.29) is 0 Å². The lowest BCUT2D eigenvalue weighted by Gasteiger charge is -2.11. The van der Waals surface area contributed by atoms with Crippen LogP contribution in [0.15, 0.2) is 89.2 Å². The lowest BCUT2D eigenvalue weighted by atomic mass is 10.1. The third kappa shape index (κ3) is 5.48. The SMILES string of the molecule is C=C(/C=C(\C)C1CC1)Nc1nc(Nc2ccc(Oc3ccccc3)cc2)ncc1Br. The number of allylic oxidation sites excluding steroid dienone is 2. The summed E-state index contributed by atoms with van der Waals surface area (Å²) >= 11 is 3.50. The summed E-state index contributed by atoms with van der Waals surface area (Å²) in [4.78, 5) is 8.91. The van der Waals surface area contributed by atoms with Crippen molar-refractivity contribution in [3.63, 3.8) is 0 Å². The van der Waals surface area contributed by atoms with Crippen LogP contribution in [-0.2, 0) is 0 Å². The fourth-order valence-corrected chi connectivity index (χ4v) is 3.28. The van der Waals surface area contributed by atoms with Gasteiger partial charge in [-0.05, 0) is 84.1 Å². The fourth-order valence-electron chi connectivity index (χ4n) is 2.99. The predicted molar refractivity (Wildman–Crippen MR) is 125 cm³/mol. The van der Waals surface area contributed by atoms with E-state index < -0.39 is 0 Å². The van der Waals surface area contributed by atoms with Crippen molar-refractivity contribution in [3.05, 3.63) is 89.2 Å². The smallest absolute Gasteiger partial charge is 0.229 e. The summed E-state index contributed by atoms with van der Waals surface area (Å²) < 4.78 is 6.60. The van der Waals surface area contributed by atoms with Gasteiger partial charge in [0.1, 0.15) is 17.3 Å². The topological polar surface area (TPSA) is 59.1 Å². The molecule has 2 N–H and O–H groups in total. The van der Waals surface area contributed by atoms with Gasteiger partial charge in [-0.2, -0.15) is 4.98 Å². The first kappa shape index (κ1) is 20.2. The minimum Gasteiger partial charge on any atom is -0.457 e. The number of hydrogen-bond acceptors (Lipinski definition) is 5. The van der Waals surface area contributed by atoms with Crippen LogP contribution in [0.5, 0.6) is 11.5 Å². The van der Waals surface area contributed by atoms with Crippen LogP contribution in [0.1, 0.15) is 19.8 Å². The summed E-state index contributed by atoms with van der Waals surface area (Å²) in [6.45, 7) is 6.25. The molecular weight excluding hydrogens is 440 g/mol. The van der Waals surface area contributed by atoms with Crippen LogP contribution in [0.4, 0.5) is 17.5 Å². The van der Waals surface area contributed by atoms with Gasteiger partial charge >= 0.3 is 0 Å². The number of ether oxygens (including phenoxy) is 1. The maximum atomic E-state index is 5.82. The lowest BCUT2D eigenvalue weighted by Crippen LogP contribution is -2.04. The Morgan fingerprint density at radius 2 is 1.80 bits per heavy atom. The van der Waals surface area contributed by atoms with E-state index in [1.807, 2.05) is 54.6 Å². The molecule has 1 heterocycles. The van der Waals surface area contributed by atoms with Gasteiger partial charge in [0.05, 0.1) is 4.47 Å². The zero-order valence-corrected chi connectivity index (χ0v) is 18.3. The number of anilines is 3. The highest BCUT2D eigenvalue weighted by molar-refractivity contribution is 9.10. The highest BCUT2D eigenvalue weighted by Gasteiger charge is 2.22. The third-order valence-corrected chi connectivity index (χ3v) is 5.32. The molecule has 1 aromatic heterocycles. The van der Waals surface area contributed by atoms with E-state index in [4.69, 9.17) is 4.74 Å². The Bertz CT molecular complexity index is 1060. The first-order valence-corrected chi connectivity index (χ1v) is 10.6. The minimum absolute atomic E-state index is 0.494. The molecular formula is C24H23BrN4O. The van der Waals surface area contributed by atoms with Crippen molar-refractivity contribution in [1.82, 2.24) is 9.97 Å². The van der Waals surface area contributed by atoms with Gasteiger partial charge in [-0.3, -0.25) is 0 Å². The molecule has 3 aromatic rings. The lowest BCUT2D eigenvalue weighted by molar-refractivity contribution is 0.483. The first-order chi connectivity index (χ1) is 14.6. The summed E-state index contributed by atoms with van der Waals surface area (Å²) in [6.07, 6.45) is 6.35. The van der Waals surface area contributed by atoms with Gasteiger partial charge in [-0.25, -0.2) is 4.98 Å². The summed E-state index contributed by atoms with van der Waals surface area (Å²) in [6, 6.07) is 17.4. The number of hydrogen-bond donors (Lipinski definition) is 2. The Morgan fingerprint density at radius 3 is 2.50 bits per heavy atom. The van der Waals surface area contributed by atoms with Crippen LogP contribution in [-0.4, -0.2) is 9.97 Å². The second kappa shape index (κ2) is 9.13. The first-order valence-electron chi connectivity index (χ1n) is 9.83. The number of nitrogens with zero attached hydrogens (tertiary/aromatic N) is 2. The van der Waals surface area contributed by atoms with Gasteiger partial charge in [0.25, 0.3) is 0 Å². The van der Waals surface area contributed by atoms with Crippen molar-refractivity contribution in [1.29, 1.82) is 0 Å². The molecule has 1 aliphatic rings. The van der Waals surface area contributed by atoms with E-state index in [1.165, 1.54) is 18.4 Å². The fraction of sp³-hybridized carbons (Fsp3) is 0.167.